The Bertz CT molecular complexity index is 513. The lowest BCUT2D eigenvalue weighted by Crippen LogP contribution is -2.29. The average molecular weight is 309 g/mol. The van der Waals surface area contributed by atoms with Gasteiger partial charge in [-0.25, -0.2) is 4.39 Å². The second-order valence-corrected chi connectivity index (χ2v) is 4.98. The molecular weight excluding hydrogens is 295 g/mol. The Morgan fingerprint density at radius 3 is 2.39 bits per heavy atom. The van der Waals surface area contributed by atoms with Crippen LogP contribution in [0.2, 0.25) is 0 Å². The van der Waals surface area contributed by atoms with E-state index in [0.29, 0.717) is 12.0 Å². The van der Waals surface area contributed by atoms with Crippen LogP contribution in [-0.2, 0) is 6.42 Å². The first-order valence-electron chi connectivity index (χ1n) is 5.65. The molecule has 0 aliphatic carbocycles. The third-order valence-corrected chi connectivity index (χ3v) is 3.38. The maximum absolute atomic E-state index is 13.6. The van der Waals surface area contributed by atoms with Crippen LogP contribution in [0.1, 0.15) is 17.2 Å². The van der Waals surface area contributed by atoms with Crippen molar-refractivity contribution >= 4 is 15.9 Å². The normalized spacial score (nSPS) is 12.4. The summed E-state index contributed by atoms with van der Waals surface area (Å²) in [5.41, 5.74) is 4.42. The molecule has 18 heavy (non-hydrogen) atoms. The van der Waals surface area contributed by atoms with Crippen LogP contribution in [0.4, 0.5) is 4.39 Å². The standard InChI is InChI=1S/C14H14BrFN2/c15-12-7-5-10(6-8-12)14(18-17)9-11-3-1-2-4-13(11)16/h1-8,14,18H,9,17H2. The van der Waals surface area contributed by atoms with Crippen molar-refractivity contribution in [3.05, 3.63) is 69.9 Å². The van der Waals surface area contributed by atoms with Crippen LogP contribution < -0.4 is 11.3 Å². The summed E-state index contributed by atoms with van der Waals surface area (Å²) in [6, 6.07) is 14.5. The lowest BCUT2D eigenvalue weighted by molar-refractivity contribution is 0.529. The number of nitrogens with two attached hydrogens (primary N) is 1. The third kappa shape index (κ3) is 3.16. The monoisotopic (exact) mass is 308 g/mol. The molecule has 2 nitrogen and oxygen atoms in total. The number of benzene rings is 2. The fourth-order valence-corrected chi connectivity index (χ4v) is 2.12. The van der Waals surface area contributed by atoms with Gasteiger partial charge in [-0.05, 0) is 35.7 Å². The van der Waals surface area contributed by atoms with E-state index in [2.05, 4.69) is 21.4 Å². The molecule has 0 aromatic heterocycles. The largest absolute Gasteiger partial charge is 0.271 e. The first kappa shape index (κ1) is 13.2. The fourth-order valence-electron chi connectivity index (χ4n) is 1.85. The summed E-state index contributed by atoms with van der Waals surface area (Å²) in [6.07, 6.45) is 0.519. The third-order valence-electron chi connectivity index (χ3n) is 2.86. The summed E-state index contributed by atoms with van der Waals surface area (Å²) in [7, 11) is 0. The number of hydrogen-bond donors (Lipinski definition) is 2. The molecule has 0 fully saturated rings. The molecule has 2 rings (SSSR count). The predicted octanol–water partition coefficient (Wildman–Crippen LogP) is 3.34. The number of rotatable bonds is 4. The summed E-state index contributed by atoms with van der Waals surface area (Å²) in [6.45, 7) is 0. The zero-order chi connectivity index (χ0) is 13.0. The van der Waals surface area contributed by atoms with Gasteiger partial charge in [-0.1, -0.05) is 46.3 Å². The van der Waals surface area contributed by atoms with E-state index in [0.717, 1.165) is 10.0 Å². The number of hydrazine groups is 1. The van der Waals surface area contributed by atoms with Crippen molar-refractivity contribution in [3.8, 4) is 0 Å². The van der Waals surface area contributed by atoms with Crippen LogP contribution in [0, 0.1) is 5.82 Å². The van der Waals surface area contributed by atoms with Crippen LogP contribution in [0.15, 0.2) is 53.0 Å². The van der Waals surface area contributed by atoms with Crippen LogP contribution in [-0.4, -0.2) is 0 Å². The summed E-state index contributed by atoms with van der Waals surface area (Å²) < 4.78 is 14.6. The predicted molar refractivity (Wildman–Crippen MR) is 74.3 cm³/mol. The van der Waals surface area contributed by atoms with E-state index in [-0.39, 0.29) is 11.9 Å². The van der Waals surface area contributed by atoms with Crippen molar-refractivity contribution in [2.45, 2.75) is 12.5 Å². The molecule has 94 valence electrons. The molecule has 1 unspecified atom stereocenters. The van der Waals surface area contributed by atoms with E-state index in [1.54, 1.807) is 12.1 Å². The molecule has 0 amide bonds. The Morgan fingerprint density at radius 1 is 1.11 bits per heavy atom. The van der Waals surface area contributed by atoms with E-state index >= 15 is 0 Å². The molecule has 0 spiro atoms. The number of hydrogen-bond acceptors (Lipinski definition) is 2. The minimum atomic E-state index is -0.199. The smallest absolute Gasteiger partial charge is 0.126 e. The van der Waals surface area contributed by atoms with Gasteiger partial charge in [0, 0.05) is 4.47 Å². The summed E-state index contributed by atoms with van der Waals surface area (Å²) in [5.74, 6) is 5.36. The molecule has 0 radical (unpaired) electrons. The van der Waals surface area contributed by atoms with Crippen molar-refractivity contribution in [1.82, 2.24) is 5.43 Å². The van der Waals surface area contributed by atoms with Gasteiger partial charge in [-0.3, -0.25) is 11.3 Å². The van der Waals surface area contributed by atoms with Gasteiger partial charge in [0.2, 0.25) is 0 Å². The van der Waals surface area contributed by atoms with Crippen molar-refractivity contribution in [2.75, 3.05) is 0 Å². The zero-order valence-electron chi connectivity index (χ0n) is 9.74. The van der Waals surface area contributed by atoms with Crippen LogP contribution in [0.25, 0.3) is 0 Å². The molecule has 3 N–H and O–H groups in total. The molecular formula is C14H14BrFN2. The molecule has 0 heterocycles. The van der Waals surface area contributed by atoms with Gasteiger partial charge in [0.1, 0.15) is 5.82 Å². The van der Waals surface area contributed by atoms with Gasteiger partial charge in [0.15, 0.2) is 0 Å². The van der Waals surface area contributed by atoms with E-state index in [1.165, 1.54) is 6.07 Å². The second-order valence-electron chi connectivity index (χ2n) is 4.07. The van der Waals surface area contributed by atoms with E-state index in [9.17, 15) is 4.39 Å². The number of halogens is 2. The van der Waals surface area contributed by atoms with Gasteiger partial charge >= 0.3 is 0 Å². The Balaban J connectivity index is 2.20. The molecule has 0 saturated carbocycles. The van der Waals surface area contributed by atoms with E-state index in [4.69, 9.17) is 5.84 Å². The molecule has 0 bridgehead atoms. The second kappa shape index (κ2) is 6.09. The topological polar surface area (TPSA) is 38.0 Å². The first-order chi connectivity index (χ1) is 8.70. The maximum atomic E-state index is 13.6. The Kier molecular flexibility index (Phi) is 4.47. The van der Waals surface area contributed by atoms with Crippen LogP contribution in [0.3, 0.4) is 0 Å². The molecule has 0 aliphatic heterocycles. The molecule has 0 aliphatic rings. The first-order valence-corrected chi connectivity index (χ1v) is 6.45. The quantitative estimate of drug-likeness (QED) is 0.671. The lowest BCUT2D eigenvalue weighted by atomic mass is 9.99. The zero-order valence-corrected chi connectivity index (χ0v) is 11.3. The van der Waals surface area contributed by atoms with E-state index in [1.807, 2.05) is 30.3 Å². The van der Waals surface area contributed by atoms with E-state index < -0.39 is 0 Å². The molecule has 2 aromatic carbocycles. The van der Waals surface area contributed by atoms with Crippen LogP contribution >= 0.6 is 15.9 Å². The Hall–Kier alpha value is -1.23. The van der Waals surface area contributed by atoms with Crippen LogP contribution in [0.5, 0.6) is 0 Å². The Morgan fingerprint density at radius 2 is 1.78 bits per heavy atom. The van der Waals surface area contributed by atoms with Crippen molar-refractivity contribution < 1.29 is 4.39 Å². The summed E-state index contributed by atoms with van der Waals surface area (Å²) >= 11 is 3.38. The highest BCUT2D eigenvalue weighted by atomic mass is 79.9. The molecule has 4 heteroatoms. The highest BCUT2D eigenvalue weighted by Crippen LogP contribution is 2.21. The van der Waals surface area contributed by atoms with Gasteiger partial charge in [-0.15, -0.1) is 0 Å². The minimum absolute atomic E-state index is 0.102. The van der Waals surface area contributed by atoms with Crippen molar-refractivity contribution in [2.24, 2.45) is 5.84 Å². The SMILES string of the molecule is NNC(Cc1ccccc1F)c1ccc(Br)cc1. The highest BCUT2D eigenvalue weighted by molar-refractivity contribution is 9.10. The van der Waals surface area contributed by atoms with Crippen molar-refractivity contribution in [3.63, 3.8) is 0 Å². The average Bonchev–Trinajstić information content (AvgIpc) is 2.39. The molecule has 2 aromatic rings. The highest BCUT2D eigenvalue weighted by Gasteiger charge is 2.12. The summed E-state index contributed by atoms with van der Waals surface area (Å²) in [4.78, 5) is 0. The van der Waals surface area contributed by atoms with Gasteiger partial charge in [-0.2, -0.15) is 0 Å². The minimum Gasteiger partial charge on any atom is -0.271 e. The summed E-state index contributed by atoms with van der Waals surface area (Å²) in [5, 5.41) is 0. The lowest BCUT2D eigenvalue weighted by Gasteiger charge is -2.17. The molecule has 1 atom stereocenters. The van der Waals surface area contributed by atoms with Gasteiger partial charge in [0.25, 0.3) is 0 Å². The maximum Gasteiger partial charge on any atom is 0.126 e. The fraction of sp³-hybridized carbons (Fsp3) is 0.143. The Labute approximate surface area is 114 Å². The van der Waals surface area contributed by atoms with Crippen molar-refractivity contribution in [1.29, 1.82) is 0 Å². The van der Waals surface area contributed by atoms with Gasteiger partial charge < -0.3 is 0 Å². The number of nitrogens with one attached hydrogen (secondary N) is 1. The van der Waals surface area contributed by atoms with Gasteiger partial charge in [0.05, 0.1) is 6.04 Å². The molecule has 0 saturated heterocycles.